The minimum atomic E-state index is -0.186. The van der Waals surface area contributed by atoms with Crippen LogP contribution in [-0.4, -0.2) is 18.4 Å². The van der Waals surface area contributed by atoms with E-state index in [4.69, 9.17) is 4.74 Å². The number of carbonyl (C=O) groups excluding carboxylic acids is 2. The van der Waals surface area contributed by atoms with Crippen molar-refractivity contribution in [2.75, 3.05) is 6.61 Å². The van der Waals surface area contributed by atoms with Gasteiger partial charge in [-0.05, 0) is 29.7 Å². The van der Waals surface area contributed by atoms with Gasteiger partial charge in [-0.2, -0.15) is 0 Å². The number of fused-ring (bicyclic) bond motifs is 2. The molecule has 4 heteroatoms. The molecule has 172 valence electrons. The van der Waals surface area contributed by atoms with Gasteiger partial charge in [0.2, 0.25) is 0 Å². The van der Waals surface area contributed by atoms with Crippen LogP contribution in [0.15, 0.2) is 47.4 Å². The Bertz CT molecular complexity index is 890. The molecule has 0 atom stereocenters. The first-order chi connectivity index (χ1) is 15.7. The molecule has 0 fully saturated rings. The number of hydrogen-bond donors (Lipinski definition) is 0. The molecule has 1 heterocycles. The zero-order valence-electron chi connectivity index (χ0n) is 19.4. The van der Waals surface area contributed by atoms with Crippen LogP contribution >= 0.6 is 11.8 Å². The predicted molar refractivity (Wildman–Crippen MR) is 132 cm³/mol. The average molecular weight is 453 g/mol. The summed E-state index contributed by atoms with van der Waals surface area (Å²) in [5.41, 5.74) is 3.48. The average Bonchev–Trinajstić information content (AvgIpc) is 2.94. The van der Waals surface area contributed by atoms with Crippen molar-refractivity contribution in [3.8, 4) is 0 Å². The minimum Gasteiger partial charge on any atom is -0.465 e. The number of thioether (sulfide) groups is 1. The fraction of sp³-hybridized carbons (Fsp3) is 0.500. The number of esters is 1. The lowest BCUT2D eigenvalue weighted by atomic mass is 9.98. The molecular formula is C28H36O3S. The third kappa shape index (κ3) is 7.51. The maximum absolute atomic E-state index is 12.9. The molecule has 3 rings (SSSR count). The fourth-order valence-corrected chi connectivity index (χ4v) is 5.26. The first kappa shape index (κ1) is 24.6. The van der Waals surface area contributed by atoms with E-state index in [2.05, 4.69) is 6.92 Å². The molecule has 0 aromatic heterocycles. The van der Waals surface area contributed by atoms with Crippen LogP contribution in [0.4, 0.5) is 0 Å². The van der Waals surface area contributed by atoms with Crippen LogP contribution < -0.4 is 0 Å². The first-order valence-electron chi connectivity index (χ1n) is 12.2. The second kappa shape index (κ2) is 13.5. The van der Waals surface area contributed by atoms with Crippen molar-refractivity contribution in [3.05, 3.63) is 64.7 Å². The van der Waals surface area contributed by atoms with E-state index in [-0.39, 0.29) is 18.2 Å². The van der Waals surface area contributed by atoms with Crippen LogP contribution in [0.1, 0.15) is 98.2 Å². The summed E-state index contributed by atoms with van der Waals surface area (Å²) in [4.78, 5) is 26.1. The molecule has 0 unspecified atom stereocenters. The number of hydrogen-bond acceptors (Lipinski definition) is 4. The Morgan fingerprint density at radius 3 is 2.31 bits per heavy atom. The lowest BCUT2D eigenvalue weighted by molar-refractivity contribution is -0.142. The lowest BCUT2D eigenvalue weighted by Gasteiger charge is -2.08. The molecule has 1 aliphatic heterocycles. The Hall–Kier alpha value is -2.07. The quantitative estimate of drug-likeness (QED) is 0.233. The Labute approximate surface area is 197 Å². The van der Waals surface area contributed by atoms with E-state index >= 15 is 0 Å². The van der Waals surface area contributed by atoms with E-state index in [0.717, 1.165) is 45.7 Å². The summed E-state index contributed by atoms with van der Waals surface area (Å²) in [5.74, 6) is 0.645. The molecule has 32 heavy (non-hydrogen) atoms. The Kier molecular flexibility index (Phi) is 10.3. The predicted octanol–water partition coefficient (Wildman–Crippen LogP) is 7.53. The van der Waals surface area contributed by atoms with Gasteiger partial charge in [0.15, 0.2) is 5.78 Å². The van der Waals surface area contributed by atoms with Crippen LogP contribution in [0.25, 0.3) is 0 Å². The van der Waals surface area contributed by atoms with Gasteiger partial charge in [-0.3, -0.25) is 9.59 Å². The largest absolute Gasteiger partial charge is 0.465 e. The molecule has 2 aromatic carbocycles. The van der Waals surface area contributed by atoms with E-state index in [0.29, 0.717) is 6.61 Å². The van der Waals surface area contributed by atoms with E-state index in [1.807, 2.05) is 42.5 Å². The Morgan fingerprint density at radius 2 is 1.56 bits per heavy atom. The van der Waals surface area contributed by atoms with Crippen molar-refractivity contribution in [2.45, 2.75) is 88.2 Å². The van der Waals surface area contributed by atoms with E-state index in [9.17, 15) is 9.59 Å². The molecule has 0 saturated carbocycles. The maximum Gasteiger partial charge on any atom is 0.310 e. The molecule has 0 radical (unpaired) electrons. The number of ketones is 1. The SMILES string of the molecule is CCCCCCCCCCCCOC(=O)Cc1ccc2c(c1)SCc1ccccc1C2=O. The van der Waals surface area contributed by atoms with Gasteiger partial charge in [0.1, 0.15) is 0 Å². The lowest BCUT2D eigenvalue weighted by Crippen LogP contribution is -2.10. The van der Waals surface area contributed by atoms with Crippen LogP contribution in [0.5, 0.6) is 0 Å². The number of carbonyl (C=O) groups is 2. The van der Waals surface area contributed by atoms with Crippen molar-refractivity contribution in [3.63, 3.8) is 0 Å². The third-order valence-electron chi connectivity index (χ3n) is 6.05. The maximum atomic E-state index is 12.9. The molecule has 0 amide bonds. The van der Waals surface area contributed by atoms with Gasteiger partial charge >= 0.3 is 5.97 Å². The number of ether oxygens (including phenoxy) is 1. The van der Waals surface area contributed by atoms with E-state index in [1.54, 1.807) is 11.8 Å². The molecule has 0 spiro atoms. The zero-order chi connectivity index (χ0) is 22.6. The molecule has 0 N–H and O–H groups in total. The van der Waals surface area contributed by atoms with Crippen LogP contribution in [0, 0.1) is 0 Å². The minimum absolute atomic E-state index is 0.0654. The molecule has 0 bridgehead atoms. The molecular weight excluding hydrogens is 416 g/mol. The van der Waals surface area contributed by atoms with Gasteiger partial charge in [0.25, 0.3) is 0 Å². The van der Waals surface area contributed by atoms with Gasteiger partial charge < -0.3 is 4.74 Å². The van der Waals surface area contributed by atoms with Gasteiger partial charge in [-0.15, -0.1) is 11.8 Å². The highest BCUT2D eigenvalue weighted by Gasteiger charge is 2.21. The summed E-state index contributed by atoms with van der Waals surface area (Å²) in [6, 6.07) is 13.5. The second-order valence-corrected chi connectivity index (χ2v) is 9.70. The molecule has 0 saturated heterocycles. The summed E-state index contributed by atoms with van der Waals surface area (Å²) in [7, 11) is 0. The van der Waals surface area contributed by atoms with Crippen molar-refractivity contribution >= 4 is 23.5 Å². The highest BCUT2D eigenvalue weighted by Crippen LogP contribution is 2.34. The van der Waals surface area contributed by atoms with Crippen molar-refractivity contribution in [1.29, 1.82) is 0 Å². The summed E-state index contributed by atoms with van der Waals surface area (Å²) in [5, 5.41) is 0. The molecule has 2 aromatic rings. The highest BCUT2D eigenvalue weighted by atomic mass is 32.2. The van der Waals surface area contributed by atoms with Gasteiger partial charge in [0, 0.05) is 21.8 Å². The van der Waals surface area contributed by atoms with E-state index < -0.39 is 0 Å². The third-order valence-corrected chi connectivity index (χ3v) is 7.15. The highest BCUT2D eigenvalue weighted by molar-refractivity contribution is 7.98. The topological polar surface area (TPSA) is 43.4 Å². The zero-order valence-corrected chi connectivity index (χ0v) is 20.2. The van der Waals surface area contributed by atoms with E-state index in [1.165, 1.54) is 51.4 Å². The molecule has 1 aliphatic rings. The first-order valence-corrected chi connectivity index (χ1v) is 13.2. The number of benzene rings is 2. The van der Waals surface area contributed by atoms with Crippen LogP contribution in [-0.2, 0) is 21.7 Å². The van der Waals surface area contributed by atoms with Crippen LogP contribution in [0.2, 0.25) is 0 Å². The van der Waals surface area contributed by atoms with Crippen molar-refractivity contribution in [2.24, 2.45) is 0 Å². The normalized spacial score (nSPS) is 12.7. The van der Waals surface area contributed by atoms with Crippen molar-refractivity contribution in [1.82, 2.24) is 0 Å². The summed E-state index contributed by atoms with van der Waals surface area (Å²) < 4.78 is 5.45. The summed E-state index contributed by atoms with van der Waals surface area (Å²) in [6.07, 6.45) is 12.9. The van der Waals surface area contributed by atoms with Crippen LogP contribution in [0.3, 0.4) is 0 Å². The van der Waals surface area contributed by atoms with Crippen molar-refractivity contribution < 1.29 is 14.3 Å². The standard InChI is InChI=1S/C28H36O3S/c1-2-3-4-5-6-7-8-9-10-13-18-31-27(29)20-22-16-17-25-26(19-22)32-21-23-14-11-12-15-24(23)28(25)30/h11-12,14-17,19H,2-10,13,18,20-21H2,1H3. The fourth-order valence-electron chi connectivity index (χ4n) is 4.15. The summed E-state index contributed by atoms with van der Waals surface area (Å²) >= 11 is 1.66. The number of unbranched alkanes of at least 4 members (excludes halogenated alkanes) is 9. The monoisotopic (exact) mass is 452 g/mol. The Balaban J connectivity index is 1.35. The molecule has 3 nitrogen and oxygen atoms in total. The summed E-state index contributed by atoms with van der Waals surface area (Å²) in [6.45, 7) is 2.75. The smallest absolute Gasteiger partial charge is 0.310 e. The number of rotatable bonds is 13. The van der Waals surface area contributed by atoms with Gasteiger partial charge in [-0.25, -0.2) is 0 Å². The molecule has 0 aliphatic carbocycles. The van der Waals surface area contributed by atoms with Gasteiger partial charge in [-0.1, -0.05) is 95.0 Å². The van der Waals surface area contributed by atoms with Gasteiger partial charge in [0.05, 0.1) is 13.0 Å². The second-order valence-electron chi connectivity index (χ2n) is 8.68. The Morgan fingerprint density at radius 1 is 0.875 bits per heavy atom.